The molecule has 0 amide bonds. The van der Waals surface area contributed by atoms with Gasteiger partial charge < -0.3 is 14.8 Å². The topological polar surface area (TPSA) is 76.7 Å². The van der Waals surface area contributed by atoms with E-state index >= 15 is 0 Å². The largest absolute Gasteiger partial charge is 0.492 e. The molecule has 1 heterocycles. The Morgan fingerprint density at radius 1 is 1.39 bits per heavy atom. The first-order valence-electron chi connectivity index (χ1n) is 7.17. The molecular weight excluding hydrogens is 363 g/mol. The van der Waals surface area contributed by atoms with Crippen LogP contribution in [0.15, 0.2) is 23.1 Å². The summed E-state index contributed by atoms with van der Waals surface area (Å²) >= 11 is 5.93. The highest BCUT2D eigenvalue weighted by atomic mass is 35.5. The van der Waals surface area contributed by atoms with Gasteiger partial charge in [0.1, 0.15) is 10.6 Å². The van der Waals surface area contributed by atoms with E-state index in [2.05, 4.69) is 10.0 Å². The molecule has 6 nitrogen and oxygen atoms in total. The Morgan fingerprint density at radius 2 is 2.17 bits per heavy atom. The van der Waals surface area contributed by atoms with Gasteiger partial charge in [-0.2, -0.15) is 0 Å². The van der Waals surface area contributed by atoms with E-state index in [1.165, 1.54) is 6.07 Å². The van der Waals surface area contributed by atoms with Gasteiger partial charge in [0.05, 0.1) is 13.2 Å². The highest BCUT2D eigenvalue weighted by Crippen LogP contribution is 2.28. The maximum atomic E-state index is 12.4. The van der Waals surface area contributed by atoms with Gasteiger partial charge in [0, 0.05) is 30.6 Å². The van der Waals surface area contributed by atoms with Crippen LogP contribution in [0.25, 0.3) is 0 Å². The Bertz CT molecular complexity index is 592. The normalized spacial score (nSPS) is 17.7. The van der Waals surface area contributed by atoms with Gasteiger partial charge in [0.25, 0.3) is 0 Å². The molecule has 1 aromatic rings. The molecule has 0 bridgehead atoms. The van der Waals surface area contributed by atoms with Crippen molar-refractivity contribution in [2.75, 3.05) is 40.0 Å². The van der Waals surface area contributed by atoms with Crippen molar-refractivity contribution in [3.63, 3.8) is 0 Å². The van der Waals surface area contributed by atoms with E-state index in [-0.39, 0.29) is 17.3 Å². The smallest absolute Gasteiger partial charge is 0.244 e. The highest BCUT2D eigenvalue weighted by Gasteiger charge is 2.22. The molecular formula is C14H22Cl2N2O4S. The number of nitrogens with one attached hydrogen (secondary N) is 2. The minimum Gasteiger partial charge on any atom is -0.492 e. The number of sulfonamides is 1. The summed E-state index contributed by atoms with van der Waals surface area (Å²) in [6.45, 7) is 2.64. The van der Waals surface area contributed by atoms with Crippen molar-refractivity contribution in [1.29, 1.82) is 0 Å². The van der Waals surface area contributed by atoms with E-state index in [4.69, 9.17) is 21.1 Å². The summed E-state index contributed by atoms with van der Waals surface area (Å²) < 4.78 is 38.3. The van der Waals surface area contributed by atoms with Gasteiger partial charge in [-0.05, 0) is 31.7 Å². The van der Waals surface area contributed by atoms with Crippen molar-refractivity contribution in [1.82, 2.24) is 10.0 Å². The number of hydrogen-bond donors (Lipinski definition) is 2. The fourth-order valence-electron chi connectivity index (χ4n) is 2.12. The van der Waals surface area contributed by atoms with E-state index in [9.17, 15) is 8.42 Å². The van der Waals surface area contributed by atoms with Crippen LogP contribution in [0.1, 0.15) is 6.42 Å². The fraction of sp³-hybridized carbons (Fsp3) is 0.571. The van der Waals surface area contributed by atoms with Crippen LogP contribution in [-0.4, -0.2) is 48.4 Å². The lowest BCUT2D eigenvalue weighted by Crippen LogP contribution is -2.31. The zero-order valence-electron chi connectivity index (χ0n) is 12.9. The average molecular weight is 385 g/mol. The lowest BCUT2D eigenvalue weighted by atomic mass is 10.1. The van der Waals surface area contributed by atoms with Crippen molar-refractivity contribution in [2.24, 2.45) is 5.92 Å². The fourth-order valence-corrected chi connectivity index (χ4v) is 3.56. The van der Waals surface area contributed by atoms with E-state index in [0.29, 0.717) is 43.0 Å². The van der Waals surface area contributed by atoms with Crippen molar-refractivity contribution in [3.8, 4) is 5.75 Å². The monoisotopic (exact) mass is 384 g/mol. The number of hydrogen-bond acceptors (Lipinski definition) is 5. The standard InChI is InChI=1S/C14H21ClN2O4S.ClH/c1-16-5-6-17-22(18,19)14-8-12(15)2-3-13(14)21-10-11-4-7-20-9-11;/h2-3,8,11,16-17H,4-7,9-10H2,1H3;1H. The average Bonchev–Trinajstić information content (AvgIpc) is 2.99. The zero-order chi connectivity index (χ0) is 16.0. The Labute approximate surface area is 148 Å². The molecule has 0 aromatic heterocycles. The van der Waals surface area contributed by atoms with Gasteiger partial charge >= 0.3 is 0 Å². The van der Waals surface area contributed by atoms with Crippen LogP contribution in [0.5, 0.6) is 5.75 Å². The third-order valence-corrected chi connectivity index (χ3v) is 5.08. The number of rotatable bonds is 8. The summed E-state index contributed by atoms with van der Waals surface area (Å²) in [5.74, 6) is 0.608. The molecule has 0 aliphatic carbocycles. The van der Waals surface area contributed by atoms with Gasteiger partial charge in [-0.25, -0.2) is 13.1 Å². The van der Waals surface area contributed by atoms with Crippen molar-refractivity contribution >= 4 is 34.0 Å². The molecule has 9 heteroatoms. The third kappa shape index (κ3) is 6.10. The lowest BCUT2D eigenvalue weighted by Gasteiger charge is -2.15. The predicted octanol–water partition coefficient (Wildman–Crippen LogP) is 1.67. The maximum Gasteiger partial charge on any atom is 0.244 e. The minimum absolute atomic E-state index is 0. The second-order valence-corrected chi connectivity index (χ2v) is 7.30. The quantitative estimate of drug-likeness (QED) is 0.666. The first-order chi connectivity index (χ1) is 10.5. The molecule has 1 atom stereocenters. The first-order valence-corrected chi connectivity index (χ1v) is 9.03. The molecule has 1 aliphatic rings. The first kappa shape index (κ1) is 20.5. The van der Waals surface area contributed by atoms with Crippen LogP contribution in [0.2, 0.25) is 5.02 Å². The molecule has 0 radical (unpaired) electrons. The van der Waals surface area contributed by atoms with Crippen molar-refractivity contribution in [3.05, 3.63) is 23.2 Å². The van der Waals surface area contributed by atoms with Crippen LogP contribution in [0.4, 0.5) is 0 Å². The number of likely N-dealkylation sites (N-methyl/N-ethyl adjacent to an activating group) is 1. The molecule has 2 N–H and O–H groups in total. The lowest BCUT2D eigenvalue weighted by molar-refractivity contribution is 0.166. The Morgan fingerprint density at radius 3 is 2.83 bits per heavy atom. The highest BCUT2D eigenvalue weighted by molar-refractivity contribution is 7.89. The molecule has 1 fully saturated rings. The second kappa shape index (κ2) is 9.66. The Kier molecular flexibility index (Phi) is 8.60. The predicted molar refractivity (Wildman–Crippen MR) is 92.2 cm³/mol. The van der Waals surface area contributed by atoms with Gasteiger partial charge in [0.15, 0.2) is 0 Å². The van der Waals surface area contributed by atoms with E-state index in [1.807, 2.05) is 0 Å². The summed E-state index contributed by atoms with van der Waals surface area (Å²) in [5, 5.41) is 3.23. The molecule has 23 heavy (non-hydrogen) atoms. The Balaban J connectivity index is 0.00000264. The molecule has 1 aromatic carbocycles. The summed E-state index contributed by atoms with van der Waals surface area (Å²) in [7, 11) is -1.91. The summed E-state index contributed by atoms with van der Waals surface area (Å²) in [6.07, 6.45) is 0.927. The number of ether oxygens (including phenoxy) is 2. The maximum absolute atomic E-state index is 12.4. The molecule has 2 rings (SSSR count). The Hall–Kier alpha value is -0.570. The number of benzene rings is 1. The van der Waals surface area contributed by atoms with Crippen LogP contribution in [0, 0.1) is 5.92 Å². The van der Waals surface area contributed by atoms with E-state index in [1.54, 1.807) is 19.2 Å². The van der Waals surface area contributed by atoms with Gasteiger partial charge in [-0.3, -0.25) is 0 Å². The van der Waals surface area contributed by atoms with E-state index in [0.717, 1.165) is 13.0 Å². The summed E-state index contributed by atoms with van der Waals surface area (Å²) in [4.78, 5) is 0.0648. The minimum atomic E-state index is -3.66. The number of halogens is 2. The van der Waals surface area contributed by atoms with Crippen molar-refractivity contribution in [2.45, 2.75) is 11.3 Å². The third-order valence-electron chi connectivity index (χ3n) is 3.36. The molecule has 1 unspecified atom stereocenters. The van der Waals surface area contributed by atoms with Gasteiger partial charge in [0.2, 0.25) is 10.0 Å². The van der Waals surface area contributed by atoms with Crippen LogP contribution in [-0.2, 0) is 14.8 Å². The molecule has 0 saturated carbocycles. The van der Waals surface area contributed by atoms with Crippen molar-refractivity contribution < 1.29 is 17.9 Å². The second-order valence-electron chi connectivity index (χ2n) is 5.13. The molecule has 132 valence electrons. The summed E-state index contributed by atoms with van der Waals surface area (Å²) in [6, 6.07) is 4.61. The van der Waals surface area contributed by atoms with Gasteiger partial charge in [-0.15, -0.1) is 12.4 Å². The van der Waals surface area contributed by atoms with E-state index < -0.39 is 10.0 Å². The SMILES string of the molecule is CNCCNS(=O)(=O)c1cc(Cl)ccc1OCC1CCOC1.Cl. The molecule has 0 spiro atoms. The summed E-state index contributed by atoms with van der Waals surface area (Å²) in [5.41, 5.74) is 0. The van der Waals surface area contributed by atoms with Crippen LogP contribution >= 0.6 is 24.0 Å². The van der Waals surface area contributed by atoms with Crippen LogP contribution in [0.3, 0.4) is 0 Å². The van der Waals surface area contributed by atoms with Crippen LogP contribution < -0.4 is 14.8 Å². The van der Waals surface area contributed by atoms with Gasteiger partial charge in [-0.1, -0.05) is 11.6 Å². The molecule has 1 saturated heterocycles. The molecule has 1 aliphatic heterocycles. The zero-order valence-corrected chi connectivity index (χ0v) is 15.3.